The predicted molar refractivity (Wildman–Crippen MR) is 98.3 cm³/mol. The van der Waals surface area contributed by atoms with Gasteiger partial charge in [-0.3, -0.25) is 4.79 Å². The second kappa shape index (κ2) is 8.40. The van der Waals surface area contributed by atoms with Crippen molar-refractivity contribution in [2.45, 2.75) is 32.7 Å². The Bertz CT molecular complexity index is 701. The monoisotopic (exact) mass is 350 g/mol. The molecule has 0 aliphatic carbocycles. The number of carbonyl (C=O) groups excluding carboxylic acids is 1. The van der Waals surface area contributed by atoms with E-state index < -0.39 is 5.91 Å². The lowest BCUT2D eigenvalue weighted by molar-refractivity contribution is 0.0931. The zero-order valence-electron chi connectivity index (χ0n) is 13.7. The van der Waals surface area contributed by atoms with Crippen molar-refractivity contribution >= 4 is 29.8 Å². The second-order valence-corrected chi connectivity index (χ2v) is 5.59. The van der Waals surface area contributed by atoms with E-state index in [-0.39, 0.29) is 29.8 Å². The molecule has 1 amide bonds. The Morgan fingerprint density at radius 2 is 2.00 bits per heavy atom. The molecule has 24 heavy (non-hydrogen) atoms. The summed E-state index contributed by atoms with van der Waals surface area (Å²) in [5.74, 6) is -0.0825. The lowest BCUT2D eigenvalue weighted by Gasteiger charge is -2.19. The largest absolute Gasteiger partial charge is 0.507 e. The molecule has 0 saturated carbocycles. The van der Waals surface area contributed by atoms with Crippen LogP contribution in [0.25, 0.3) is 0 Å². The Morgan fingerprint density at radius 3 is 2.62 bits per heavy atom. The Labute approximate surface area is 147 Å². The van der Waals surface area contributed by atoms with Crippen LogP contribution in [0.3, 0.4) is 0 Å². The van der Waals surface area contributed by atoms with Crippen LogP contribution in [-0.4, -0.2) is 16.0 Å². The SMILES string of the molecule is CCCC(NC(=O)c1cc(N)ccc1O)c1cc(C)cc(N)n1.Cl. The average molecular weight is 351 g/mol. The number of pyridine rings is 1. The number of hydrogen-bond acceptors (Lipinski definition) is 5. The lowest BCUT2D eigenvalue weighted by atomic mass is 10.0. The van der Waals surface area contributed by atoms with E-state index in [1.807, 2.05) is 19.9 Å². The summed E-state index contributed by atoms with van der Waals surface area (Å²) in [7, 11) is 0. The number of aromatic hydroxyl groups is 1. The fourth-order valence-corrected chi connectivity index (χ4v) is 2.45. The summed E-state index contributed by atoms with van der Waals surface area (Å²) in [6, 6.07) is 7.79. The van der Waals surface area contributed by atoms with Crippen LogP contribution in [0.4, 0.5) is 11.5 Å². The van der Waals surface area contributed by atoms with Crippen LogP contribution in [-0.2, 0) is 0 Å². The number of aromatic nitrogens is 1. The summed E-state index contributed by atoms with van der Waals surface area (Å²) in [6.07, 6.45) is 1.58. The third kappa shape index (κ3) is 4.76. The van der Waals surface area contributed by atoms with Crippen molar-refractivity contribution < 1.29 is 9.90 Å². The number of halogens is 1. The molecule has 0 aliphatic heterocycles. The first kappa shape index (κ1) is 19.6. The Kier molecular flexibility index (Phi) is 6.85. The van der Waals surface area contributed by atoms with E-state index >= 15 is 0 Å². The molecule has 2 aromatic rings. The third-order valence-electron chi connectivity index (χ3n) is 3.51. The number of nitrogens with two attached hydrogens (primary N) is 2. The molecule has 0 radical (unpaired) electrons. The molecule has 2 rings (SSSR count). The van der Waals surface area contributed by atoms with E-state index in [9.17, 15) is 9.90 Å². The van der Waals surface area contributed by atoms with Gasteiger partial charge >= 0.3 is 0 Å². The van der Waals surface area contributed by atoms with Gasteiger partial charge in [0.15, 0.2) is 0 Å². The van der Waals surface area contributed by atoms with Crippen LogP contribution in [0.1, 0.15) is 47.4 Å². The van der Waals surface area contributed by atoms with E-state index in [4.69, 9.17) is 11.5 Å². The number of amides is 1. The summed E-state index contributed by atoms with van der Waals surface area (Å²) in [5, 5.41) is 12.8. The molecule has 0 spiro atoms. The van der Waals surface area contributed by atoms with Gasteiger partial charge in [-0.05, 0) is 49.2 Å². The van der Waals surface area contributed by atoms with E-state index in [2.05, 4.69) is 10.3 Å². The van der Waals surface area contributed by atoms with E-state index in [1.165, 1.54) is 12.1 Å². The van der Waals surface area contributed by atoms with Crippen LogP contribution >= 0.6 is 12.4 Å². The van der Waals surface area contributed by atoms with Gasteiger partial charge in [0.2, 0.25) is 0 Å². The molecule has 6 nitrogen and oxygen atoms in total. The summed E-state index contributed by atoms with van der Waals surface area (Å²) in [5.41, 5.74) is 13.7. The highest BCUT2D eigenvalue weighted by Gasteiger charge is 2.19. The molecule has 0 bridgehead atoms. The molecule has 0 aliphatic rings. The molecule has 0 fully saturated rings. The maximum absolute atomic E-state index is 12.5. The number of hydrogen-bond donors (Lipinski definition) is 4. The highest BCUT2D eigenvalue weighted by Crippen LogP contribution is 2.23. The van der Waals surface area contributed by atoms with Gasteiger partial charge in [-0.2, -0.15) is 0 Å². The van der Waals surface area contributed by atoms with Crippen molar-refractivity contribution in [3.63, 3.8) is 0 Å². The first-order valence-corrected chi connectivity index (χ1v) is 7.54. The van der Waals surface area contributed by atoms with Crippen LogP contribution in [0.2, 0.25) is 0 Å². The quantitative estimate of drug-likeness (QED) is 0.489. The Hall–Kier alpha value is -2.47. The number of nitrogens with zero attached hydrogens (tertiary/aromatic N) is 1. The molecule has 1 heterocycles. The predicted octanol–water partition coefficient (Wildman–Crippen LogP) is 2.95. The highest BCUT2D eigenvalue weighted by atomic mass is 35.5. The fraction of sp³-hybridized carbons (Fsp3) is 0.294. The van der Waals surface area contributed by atoms with Crippen molar-refractivity contribution in [3.05, 3.63) is 47.2 Å². The van der Waals surface area contributed by atoms with E-state index in [0.29, 0.717) is 23.6 Å². The smallest absolute Gasteiger partial charge is 0.255 e. The third-order valence-corrected chi connectivity index (χ3v) is 3.51. The maximum Gasteiger partial charge on any atom is 0.255 e. The standard InChI is InChI=1S/C17H22N4O2.ClH/c1-3-4-13(14-7-10(2)8-16(19)20-14)21-17(23)12-9-11(18)5-6-15(12)22;/h5-9,13,22H,3-4,18H2,1-2H3,(H2,19,20)(H,21,23);1H. The lowest BCUT2D eigenvalue weighted by Crippen LogP contribution is -2.29. The first-order valence-electron chi connectivity index (χ1n) is 7.54. The van der Waals surface area contributed by atoms with Crippen LogP contribution in [0, 0.1) is 6.92 Å². The number of aryl methyl sites for hydroxylation is 1. The normalized spacial score (nSPS) is 11.4. The van der Waals surface area contributed by atoms with E-state index in [0.717, 1.165) is 12.0 Å². The van der Waals surface area contributed by atoms with Gasteiger partial charge in [-0.15, -0.1) is 12.4 Å². The minimum absolute atomic E-state index is 0. The minimum Gasteiger partial charge on any atom is -0.507 e. The summed E-state index contributed by atoms with van der Waals surface area (Å²) < 4.78 is 0. The van der Waals surface area contributed by atoms with Crippen molar-refractivity contribution in [1.29, 1.82) is 0 Å². The zero-order valence-corrected chi connectivity index (χ0v) is 14.6. The highest BCUT2D eigenvalue weighted by molar-refractivity contribution is 5.97. The molecule has 1 unspecified atom stereocenters. The number of nitrogen functional groups attached to an aromatic ring is 2. The Balaban J connectivity index is 0.00000288. The number of benzene rings is 1. The van der Waals surface area contributed by atoms with Crippen molar-refractivity contribution in [3.8, 4) is 5.75 Å². The van der Waals surface area contributed by atoms with Crippen LogP contribution in [0.5, 0.6) is 5.75 Å². The maximum atomic E-state index is 12.5. The number of rotatable bonds is 5. The number of anilines is 2. The van der Waals surface area contributed by atoms with Gasteiger partial charge in [0.25, 0.3) is 5.91 Å². The Morgan fingerprint density at radius 1 is 1.29 bits per heavy atom. The van der Waals surface area contributed by atoms with Gasteiger partial charge in [0.1, 0.15) is 11.6 Å². The number of nitrogens with one attached hydrogen (secondary N) is 1. The number of carbonyl (C=O) groups is 1. The zero-order chi connectivity index (χ0) is 17.0. The van der Waals surface area contributed by atoms with Gasteiger partial charge in [-0.25, -0.2) is 4.98 Å². The molecular formula is C17H23ClN4O2. The second-order valence-electron chi connectivity index (χ2n) is 5.59. The van der Waals surface area contributed by atoms with Crippen LogP contribution in [0.15, 0.2) is 30.3 Å². The van der Waals surface area contributed by atoms with Gasteiger partial charge in [0, 0.05) is 5.69 Å². The fourth-order valence-electron chi connectivity index (χ4n) is 2.45. The molecule has 1 atom stereocenters. The summed E-state index contributed by atoms with van der Waals surface area (Å²) in [6.45, 7) is 3.95. The van der Waals surface area contributed by atoms with Crippen molar-refractivity contribution in [1.82, 2.24) is 10.3 Å². The summed E-state index contributed by atoms with van der Waals surface area (Å²) >= 11 is 0. The van der Waals surface area contributed by atoms with Gasteiger partial charge in [-0.1, -0.05) is 13.3 Å². The van der Waals surface area contributed by atoms with Gasteiger partial charge < -0.3 is 21.9 Å². The summed E-state index contributed by atoms with van der Waals surface area (Å²) in [4.78, 5) is 16.8. The molecule has 1 aromatic carbocycles. The first-order chi connectivity index (χ1) is 10.9. The molecule has 0 saturated heterocycles. The molecule has 7 heteroatoms. The molecule has 6 N–H and O–H groups in total. The number of phenolic OH excluding ortho intramolecular Hbond substituents is 1. The van der Waals surface area contributed by atoms with Crippen LogP contribution < -0.4 is 16.8 Å². The van der Waals surface area contributed by atoms with E-state index in [1.54, 1.807) is 12.1 Å². The molecular weight excluding hydrogens is 328 g/mol. The topological polar surface area (TPSA) is 114 Å². The number of phenols is 1. The van der Waals surface area contributed by atoms with Gasteiger partial charge in [0.05, 0.1) is 17.3 Å². The van der Waals surface area contributed by atoms with Crippen molar-refractivity contribution in [2.24, 2.45) is 0 Å². The molecule has 1 aromatic heterocycles. The van der Waals surface area contributed by atoms with Crippen molar-refractivity contribution in [2.75, 3.05) is 11.5 Å². The average Bonchev–Trinajstić information content (AvgIpc) is 2.48. The molecule has 130 valence electrons. The minimum atomic E-state index is -0.393.